The van der Waals surface area contributed by atoms with Gasteiger partial charge in [-0.2, -0.15) is 0 Å². The lowest BCUT2D eigenvalue weighted by Gasteiger charge is -2.18. The van der Waals surface area contributed by atoms with Gasteiger partial charge >= 0.3 is 17.9 Å². The van der Waals surface area contributed by atoms with E-state index in [1.165, 1.54) is 167 Å². The summed E-state index contributed by atoms with van der Waals surface area (Å²) in [6.45, 7) is 8.98. The summed E-state index contributed by atoms with van der Waals surface area (Å²) >= 11 is 0. The molecule has 0 spiro atoms. The maximum atomic E-state index is 12.7. The third-order valence-electron chi connectivity index (χ3n) is 11.4. The Hall–Kier alpha value is -1.59. The molecule has 0 saturated heterocycles. The standard InChI is InChI=1S/C49H94O6/c1-5-8-10-12-14-16-18-20-22-24-26-28-34-38-42-49(52)55-46(44-54-48(51)41-37-33-30-29-31-35-39-45(4)7-3)43-53-47(50)40-36-32-27-25-23-21-19-17-15-13-11-9-6-2/h45-46H,5-44H2,1-4H3/t45?,46-/m1/s1. The van der Waals surface area contributed by atoms with Crippen LogP contribution in [0.4, 0.5) is 0 Å². The van der Waals surface area contributed by atoms with Gasteiger partial charge in [-0.05, 0) is 25.2 Å². The smallest absolute Gasteiger partial charge is 0.306 e. The summed E-state index contributed by atoms with van der Waals surface area (Å²) in [7, 11) is 0. The number of carbonyl (C=O) groups is 3. The Bertz CT molecular complexity index is 828. The van der Waals surface area contributed by atoms with Crippen LogP contribution in [0.15, 0.2) is 0 Å². The summed E-state index contributed by atoms with van der Waals surface area (Å²) < 4.78 is 16.8. The summed E-state index contributed by atoms with van der Waals surface area (Å²) in [5, 5.41) is 0. The van der Waals surface area contributed by atoms with E-state index in [9.17, 15) is 14.4 Å². The molecule has 0 fully saturated rings. The first-order chi connectivity index (χ1) is 26.9. The van der Waals surface area contributed by atoms with Gasteiger partial charge in [0.2, 0.25) is 0 Å². The van der Waals surface area contributed by atoms with E-state index in [4.69, 9.17) is 14.2 Å². The van der Waals surface area contributed by atoms with Gasteiger partial charge in [-0.1, -0.05) is 233 Å². The van der Waals surface area contributed by atoms with Crippen LogP contribution in [0.2, 0.25) is 0 Å². The minimum atomic E-state index is -0.760. The second kappa shape index (κ2) is 43.5. The number of hydrogen-bond acceptors (Lipinski definition) is 6. The Morgan fingerprint density at radius 3 is 0.945 bits per heavy atom. The van der Waals surface area contributed by atoms with E-state index in [1.54, 1.807) is 0 Å². The highest BCUT2D eigenvalue weighted by atomic mass is 16.6. The highest BCUT2D eigenvalue weighted by Gasteiger charge is 2.19. The summed E-state index contributed by atoms with van der Waals surface area (Å²) in [5.41, 5.74) is 0. The second-order valence-electron chi connectivity index (χ2n) is 17.0. The molecule has 2 atom stereocenters. The fourth-order valence-electron chi connectivity index (χ4n) is 7.30. The van der Waals surface area contributed by atoms with Crippen LogP contribution in [-0.2, 0) is 28.6 Å². The van der Waals surface area contributed by atoms with Gasteiger partial charge in [0.15, 0.2) is 6.10 Å². The first kappa shape index (κ1) is 53.4. The van der Waals surface area contributed by atoms with Crippen molar-refractivity contribution in [3.8, 4) is 0 Å². The van der Waals surface area contributed by atoms with Gasteiger partial charge in [0.05, 0.1) is 0 Å². The minimum absolute atomic E-state index is 0.0638. The average molecular weight is 779 g/mol. The molecule has 55 heavy (non-hydrogen) atoms. The van der Waals surface area contributed by atoms with E-state index in [-0.39, 0.29) is 31.1 Å². The van der Waals surface area contributed by atoms with Gasteiger partial charge in [0.1, 0.15) is 13.2 Å². The molecule has 0 saturated carbocycles. The molecule has 0 aromatic carbocycles. The lowest BCUT2D eigenvalue weighted by Crippen LogP contribution is -2.30. The Kier molecular flexibility index (Phi) is 42.3. The maximum absolute atomic E-state index is 12.7. The van der Waals surface area contributed by atoms with Crippen molar-refractivity contribution in [2.75, 3.05) is 13.2 Å². The highest BCUT2D eigenvalue weighted by Crippen LogP contribution is 2.17. The first-order valence-electron chi connectivity index (χ1n) is 24.4. The van der Waals surface area contributed by atoms with Crippen molar-refractivity contribution in [3.05, 3.63) is 0 Å². The van der Waals surface area contributed by atoms with E-state index >= 15 is 0 Å². The molecule has 326 valence electrons. The fourth-order valence-corrected chi connectivity index (χ4v) is 7.30. The van der Waals surface area contributed by atoms with E-state index in [2.05, 4.69) is 27.7 Å². The van der Waals surface area contributed by atoms with Crippen LogP contribution >= 0.6 is 0 Å². The molecule has 0 aromatic rings. The summed E-state index contributed by atoms with van der Waals surface area (Å²) in [6, 6.07) is 0. The molecular weight excluding hydrogens is 685 g/mol. The zero-order valence-corrected chi connectivity index (χ0v) is 37.4. The number of unbranched alkanes of at least 4 members (excludes halogenated alkanes) is 30. The number of hydrogen-bond donors (Lipinski definition) is 0. The van der Waals surface area contributed by atoms with Crippen molar-refractivity contribution in [2.45, 2.75) is 278 Å². The van der Waals surface area contributed by atoms with Gasteiger partial charge in [0, 0.05) is 19.3 Å². The lowest BCUT2D eigenvalue weighted by atomic mass is 10.00. The normalized spacial score (nSPS) is 12.4. The molecule has 6 nitrogen and oxygen atoms in total. The van der Waals surface area contributed by atoms with Crippen LogP contribution in [-0.4, -0.2) is 37.2 Å². The Morgan fingerprint density at radius 1 is 0.364 bits per heavy atom. The number of carbonyl (C=O) groups excluding carboxylic acids is 3. The number of rotatable bonds is 44. The molecule has 0 aromatic heterocycles. The van der Waals surface area contributed by atoms with Crippen molar-refractivity contribution in [1.29, 1.82) is 0 Å². The molecule has 0 heterocycles. The van der Waals surface area contributed by atoms with Crippen LogP contribution in [0.25, 0.3) is 0 Å². The Labute approximate surface area is 342 Å². The third kappa shape index (κ3) is 41.9. The molecule has 0 amide bonds. The molecule has 1 unspecified atom stereocenters. The third-order valence-corrected chi connectivity index (χ3v) is 11.4. The fraction of sp³-hybridized carbons (Fsp3) is 0.939. The molecular formula is C49H94O6. The average Bonchev–Trinajstić information content (AvgIpc) is 3.18. The van der Waals surface area contributed by atoms with Gasteiger partial charge in [0.25, 0.3) is 0 Å². The molecule has 0 aliphatic heterocycles. The summed E-state index contributed by atoms with van der Waals surface area (Å²) in [4.78, 5) is 37.8. The van der Waals surface area contributed by atoms with Crippen LogP contribution in [0, 0.1) is 5.92 Å². The topological polar surface area (TPSA) is 78.9 Å². The van der Waals surface area contributed by atoms with Crippen molar-refractivity contribution < 1.29 is 28.6 Å². The molecule has 0 N–H and O–H groups in total. The summed E-state index contributed by atoms with van der Waals surface area (Å²) in [5.74, 6) is -0.0370. The highest BCUT2D eigenvalue weighted by molar-refractivity contribution is 5.71. The van der Waals surface area contributed by atoms with Gasteiger partial charge in [-0.25, -0.2) is 0 Å². The predicted molar refractivity (Wildman–Crippen MR) is 233 cm³/mol. The van der Waals surface area contributed by atoms with Gasteiger partial charge < -0.3 is 14.2 Å². The van der Waals surface area contributed by atoms with E-state index in [1.807, 2.05) is 0 Å². The molecule has 0 aliphatic carbocycles. The van der Waals surface area contributed by atoms with Crippen molar-refractivity contribution in [3.63, 3.8) is 0 Å². The summed E-state index contributed by atoms with van der Waals surface area (Å²) in [6.07, 6.45) is 43.7. The lowest BCUT2D eigenvalue weighted by molar-refractivity contribution is -0.167. The van der Waals surface area contributed by atoms with Crippen molar-refractivity contribution in [2.24, 2.45) is 5.92 Å². The molecule has 0 radical (unpaired) electrons. The van der Waals surface area contributed by atoms with Gasteiger partial charge in [-0.15, -0.1) is 0 Å². The van der Waals surface area contributed by atoms with Crippen molar-refractivity contribution in [1.82, 2.24) is 0 Å². The van der Waals surface area contributed by atoms with Crippen LogP contribution in [0.3, 0.4) is 0 Å². The van der Waals surface area contributed by atoms with Gasteiger partial charge in [-0.3, -0.25) is 14.4 Å². The monoisotopic (exact) mass is 779 g/mol. The first-order valence-corrected chi connectivity index (χ1v) is 24.4. The van der Waals surface area contributed by atoms with E-state index < -0.39 is 6.10 Å². The quantitative estimate of drug-likeness (QED) is 0.0348. The SMILES string of the molecule is CCCCCCCCCCCCCCCCC(=O)O[C@H](COC(=O)CCCCCCCCCCCCCCC)COC(=O)CCCCCCCCC(C)CC. The largest absolute Gasteiger partial charge is 0.462 e. The second-order valence-corrected chi connectivity index (χ2v) is 17.0. The number of esters is 3. The van der Waals surface area contributed by atoms with E-state index in [0.29, 0.717) is 19.3 Å². The zero-order chi connectivity index (χ0) is 40.3. The van der Waals surface area contributed by atoms with E-state index in [0.717, 1.165) is 63.7 Å². The molecule has 0 bridgehead atoms. The molecule has 6 heteroatoms. The van der Waals surface area contributed by atoms with Crippen LogP contribution in [0.1, 0.15) is 272 Å². The Morgan fingerprint density at radius 2 is 0.636 bits per heavy atom. The van der Waals surface area contributed by atoms with Crippen molar-refractivity contribution >= 4 is 17.9 Å². The minimum Gasteiger partial charge on any atom is -0.462 e. The van der Waals surface area contributed by atoms with Crippen LogP contribution in [0.5, 0.6) is 0 Å². The molecule has 0 aliphatic rings. The zero-order valence-electron chi connectivity index (χ0n) is 37.4. The van der Waals surface area contributed by atoms with Crippen LogP contribution < -0.4 is 0 Å². The Balaban J connectivity index is 4.32. The maximum Gasteiger partial charge on any atom is 0.306 e. The molecule has 0 rings (SSSR count). The number of ether oxygens (including phenoxy) is 3. The predicted octanol–water partition coefficient (Wildman–Crippen LogP) is 15.5.